The molecule has 4 rings (SSSR count). The van der Waals surface area contributed by atoms with Crippen LogP contribution in [0.4, 0.5) is 0 Å². The molecular formula is C24H18O4. The average molecular weight is 370 g/mol. The van der Waals surface area contributed by atoms with E-state index < -0.39 is 0 Å². The monoisotopic (exact) mass is 370 g/mol. The quantitative estimate of drug-likeness (QED) is 0.271. The maximum absolute atomic E-state index is 11.7. The molecule has 0 aliphatic heterocycles. The molecule has 4 nitrogen and oxygen atoms in total. The number of carbonyl (C=O) groups excluding carboxylic acids is 2. The highest BCUT2D eigenvalue weighted by Crippen LogP contribution is 2.37. The molecule has 0 spiro atoms. The molecular weight excluding hydrogens is 352 g/mol. The molecule has 0 fully saturated rings. The number of esters is 2. The first-order valence-electron chi connectivity index (χ1n) is 8.94. The minimum absolute atomic E-state index is 0.351. The van der Waals surface area contributed by atoms with Crippen LogP contribution in [0.1, 0.15) is 13.8 Å². The smallest absolute Gasteiger partial charge is 0.308 e. The van der Waals surface area contributed by atoms with Crippen LogP contribution < -0.4 is 9.47 Å². The second-order valence-electron chi connectivity index (χ2n) is 6.57. The summed E-state index contributed by atoms with van der Waals surface area (Å²) < 4.78 is 10.7. The van der Waals surface area contributed by atoms with Crippen molar-refractivity contribution in [3.63, 3.8) is 0 Å². The lowest BCUT2D eigenvalue weighted by molar-refractivity contribution is -0.132. The standard InChI is InChI=1S/C24H18O4/c1-15(25)27-21-11-9-17(10-12-21)18-7-8-20-13-19-5-3-4-6-22(19)24(23(20)14-18)28-16(2)26/h3-14H,1-2H3. The van der Waals surface area contributed by atoms with Gasteiger partial charge in [0.2, 0.25) is 0 Å². The molecule has 0 unspecified atom stereocenters. The summed E-state index contributed by atoms with van der Waals surface area (Å²) in [5.41, 5.74) is 1.95. The van der Waals surface area contributed by atoms with Crippen LogP contribution in [0.3, 0.4) is 0 Å². The van der Waals surface area contributed by atoms with Crippen LogP contribution in [0.5, 0.6) is 11.5 Å². The molecule has 0 atom stereocenters. The molecule has 0 aromatic heterocycles. The largest absolute Gasteiger partial charge is 0.427 e. The van der Waals surface area contributed by atoms with E-state index in [9.17, 15) is 9.59 Å². The van der Waals surface area contributed by atoms with E-state index in [4.69, 9.17) is 9.47 Å². The van der Waals surface area contributed by atoms with Gasteiger partial charge in [-0.3, -0.25) is 9.59 Å². The molecule has 0 bridgehead atoms. The highest BCUT2D eigenvalue weighted by molar-refractivity contribution is 6.07. The van der Waals surface area contributed by atoms with Crippen LogP contribution in [0.15, 0.2) is 72.8 Å². The minimum atomic E-state index is -0.353. The molecule has 0 aliphatic rings. The lowest BCUT2D eigenvalue weighted by Crippen LogP contribution is -2.02. The number of hydrogen-bond donors (Lipinski definition) is 0. The molecule has 4 aromatic rings. The fraction of sp³-hybridized carbons (Fsp3) is 0.0833. The fourth-order valence-corrected chi connectivity index (χ4v) is 3.34. The maximum atomic E-state index is 11.7. The Morgan fingerprint density at radius 3 is 2.00 bits per heavy atom. The Morgan fingerprint density at radius 1 is 0.643 bits per heavy atom. The molecule has 28 heavy (non-hydrogen) atoms. The normalized spacial score (nSPS) is 10.8. The van der Waals surface area contributed by atoms with Gasteiger partial charge in [0.15, 0.2) is 0 Å². The lowest BCUT2D eigenvalue weighted by Gasteiger charge is -2.12. The van der Waals surface area contributed by atoms with Gasteiger partial charge in [0.05, 0.1) is 0 Å². The van der Waals surface area contributed by atoms with Gasteiger partial charge in [-0.1, -0.05) is 48.5 Å². The van der Waals surface area contributed by atoms with Crippen molar-refractivity contribution in [2.75, 3.05) is 0 Å². The number of ether oxygens (including phenoxy) is 2. The predicted octanol–water partition coefficient (Wildman–Crippen LogP) is 5.51. The van der Waals surface area contributed by atoms with E-state index in [0.29, 0.717) is 11.5 Å². The summed E-state index contributed by atoms with van der Waals surface area (Å²) in [6.07, 6.45) is 0. The number of fused-ring (bicyclic) bond motifs is 2. The van der Waals surface area contributed by atoms with Crippen molar-refractivity contribution < 1.29 is 19.1 Å². The van der Waals surface area contributed by atoms with Gasteiger partial charge in [0.25, 0.3) is 0 Å². The first kappa shape index (κ1) is 17.7. The molecule has 4 aromatic carbocycles. The molecule has 0 radical (unpaired) electrons. The van der Waals surface area contributed by atoms with Crippen LogP contribution >= 0.6 is 0 Å². The Labute approximate surface area is 162 Å². The van der Waals surface area contributed by atoms with Crippen LogP contribution in [0.25, 0.3) is 32.7 Å². The van der Waals surface area contributed by atoms with E-state index in [1.165, 1.54) is 13.8 Å². The number of carbonyl (C=O) groups is 2. The van der Waals surface area contributed by atoms with Crippen LogP contribution in [0, 0.1) is 0 Å². The van der Waals surface area contributed by atoms with E-state index in [2.05, 4.69) is 6.07 Å². The molecule has 0 N–H and O–H groups in total. The van der Waals surface area contributed by atoms with Gasteiger partial charge in [0, 0.05) is 24.6 Å². The summed E-state index contributed by atoms with van der Waals surface area (Å²) in [7, 11) is 0. The molecule has 0 heterocycles. The van der Waals surface area contributed by atoms with Gasteiger partial charge >= 0.3 is 11.9 Å². The Kier molecular flexibility index (Phi) is 4.53. The lowest BCUT2D eigenvalue weighted by atomic mass is 9.97. The van der Waals surface area contributed by atoms with Gasteiger partial charge in [-0.15, -0.1) is 0 Å². The zero-order chi connectivity index (χ0) is 19.7. The van der Waals surface area contributed by atoms with Crippen molar-refractivity contribution in [2.45, 2.75) is 13.8 Å². The molecule has 0 aliphatic carbocycles. The van der Waals surface area contributed by atoms with Crippen LogP contribution in [-0.4, -0.2) is 11.9 Å². The number of benzene rings is 4. The first-order valence-corrected chi connectivity index (χ1v) is 8.94. The second-order valence-corrected chi connectivity index (χ2v) is 6.57. The molecule has 0 amide bonds. The number of rotatable bonds is 3. The van der Waals surface area contributed by atoms with E-state index in [-0.39, 0.29) is 11.9 Å². The highest BCUT2D eigenvalue weighted by Gasteiger charge is 2.12. The predicted molar refractivity (Wildman–Crippen MR) is 110 cm³/mol. The topological polar surface area (TPSA) is 52.6 Å². The number of hydrogen-bond acceptors (Lipinski definition) is 4. The average Bonchev–Trinajstić information content (AvgIpc) is 2.67. The summed E-state index contributed by atoms with van der Waals surface area (Å²) in [5, 5.41) is 3.78. The van der Waals surface area contributed by atoms with Gasteiger partial charge < -0.3 is 9.47 Å². The van der Waals surface area contributed by atoms with Crippen LogP contribution in [-0.2, 0) is 9.59 Å². The van der Waals surface area contributed by atoms with Crippen molar-refractivity contribution in [1.82, 2.24) is 0 Å². The third-order valence-corrected chi connectivity index (χ3v) is 4.51. The molecule has 0 saturated carbocycles. The summed E-state index contributed by atoms with van der Waals surface area (Å²) >= 11 is 0. The van der Waals surface area contributed by atoms with E-state index in [0.717, 1.165) is 32.7 Å². The van der Waals surface area contributed by atoms with Crippen molar-refractivity contribution in [1.29, 1.82) is 0 Å². The van der Waals surface area contributed by atoms with E-state index in [1.54, 1.807) is 12.1 Å². The summed E-state index contributed by atoms with van der Waals surface area (Å²) in [4.78, 5) is 22.8. The summed E-state index contributed by atoms with van der Waals surface area (Å²) in [5.74, 6) is 0.368. The maximum Gasteiger partial charge on any atom is 0.308 e. The van der Waals surface area contributed by atoms with Gasteiger partial charge in [-0.2, -0.15) is 0 Å². The first-order chi connectivity index (χ1) is 13.5. The van der Waals surface area contributed by atoms with Crippen LogP contribution in [0.2, 0.25) is 0 Å². The minimum Gasteiger partial charge on any atom is -0.427 e. The Hall–Kier alpha value is -3.66. The highest BCUT2D eigenvalue weighted by atomic mass is 16.5. The van der Waals surface area contributed by atoms with Crippen molar-refractivity contribution >= 4 is 33.5 Å². The second kappa shape index (κ2) is 7.16. The molecule has 138 valence electrons. The molecule has 0 saturated heterocycles. The van der Waals surface area contributed by atoms with Crippen molar-refractivity contribution in [3.8, 4) is 22.6 Å². The van der Waals surface area contributed by atoms with Gasteiger partial charge in [0.1, 0.15) is 11.5 Å². The fourth-order valence-electron chi connectivity index (χ4n) is 3.34. The SMILES string of the molecule is CC(=O)Oc1ccc(-c2ccc3cc4ccccc4c(OC(C)=O)c3c2)cc1. The van der Waals surface area contributed by atoms with E-state index >= 15 is 0 Å². The van der Waals surface area contributed by atoms with Crippen molar-refractivity contribution in [2.24, 2.45) is 0 Å². The molecule has 4 heteroatoms. The summed E-state index contributed by atoms with van der Waals surface area (Å²) in [6, 6.07) is 23.3. The Bertz CT molecular complexity index is 1210. The van der Waals surface area contributed by atoms with Gasteiger partial charge in [-0.25, -0.2) is 0 Å². The Morgan fingerprint density at radius 2 is 1.29 bits per heavy atom. The third-order valence-electron chi connectivity index (χ3n) is 4.51. The zero-order valence-electron chi connectivity index (χ0n) is 15.6. The summed E-state index contributed by atoms with van der Waals surface area (Å²) in [6.45, 7) is 2.78. The van der Waals surface area contributed by atoms with Crippen molar-refractivity contribution in [3.05, 3.63) is 72.8 Å². The Balaban J connectivity index is 1.86. The van der Waals surface area contributed by atoms with Gasteiger partial charge in [-0.05, 0) is 46.2 Å². The van der Waals surface area contributed by atoms with E-state index in [1.807, 2.05) is 54.6 Å². The zero-order valence-corrected chi connectivity index (χ0v) is 15.6. The third kappa shape index (κ3) is 3.45.